The largest absolute Gasteiger partial charge is 0.369 e. The Morgan fingerprint density at radius 3 is 2.95 bits per heavy atom. The fourth-order valence-corrected chi connectivity index (χ4v) is 2.68. The molecule has 1 aliphatic rings. The number of amides is 1. The molecule has 2 rings (SSSR count). The molecule has 0 radical (unpaired) electrons. The molecule has 2 atom stereocenters. The summed E-state index contributed by atoms with van der Waals surface area (Å²) in [6.45, 7) is 0. The smallest absolute Gasteiger partial charge is 0.231 e. The minimum atomic E-state index is -0.730. The number of nitrogens with two attached hydrogens (primary N) is 1. The van der Waals surface area contributed by atoms with Crippen LogP contribution in [0.25, 0.3) is 0 Å². The molecule has 7 heteroatoms. The zero-order valence-corrected chi connectivity index (χ0v) is 13.9. The minimum Gasteiger partial charge on any atom is -0.369 e. The van der Waals surface area contributed by atoms with Gasteiger partial charge in [-0.2, -0.15) is 0 Å². The number of hydrogen-bond donors (Lipinski definition) is 1. The molecule has 0 bridgehead atoms. The molecule has 1 amide bonds. The number of carbonyl (C=O) groups excluding carboxylic acids is 2. The molecule has 0 saturated carbocycles. The number of primary amides is 1. The molecule has 0 aliphatic carbocycles. The molecule has 0 aromatic heterocycles. The van der Waals surface area contributed by atoms with Crippen LogP contribution in [0.2, 0.25) is 0 Å². The number of aldehydes is 1. The molecule has 1 aromatic rings. The zero-order chi connectivity index (χ0) is 16.1. The summed E-state index contributed by atoms with van der Waals surface area (Å²) in [7, 11) is 0. The van der Waals surface area contributed by atoms with Gasteiger partial charge in [-0.3, -0.25) is 14.8 Å². The highest BCUT2D eigenvalue weighted by atomic mass is 127. The van der Waals surface area contributed by atoms with Gasteiger partial charge in [0, 0.05) is 28.3 Å². The number of hydrogen-bond acceptors (Lipinski definition) is 4. The van der Waals surface area contributed by atoms with Crippen LogP contribution in [0.4, 0.5) is 10.1 Å². The predicted molar refractivity (Wildman–Crippen MR) is 91.1 cm³/mol. The average molecular weight is 415 g/mol. The number of aliphatic imine (C=N–C) groups is 2. The lowest BCUT2D eigenvalue weighted by Gasteiger charge is -2.22. The molecule has 116 valence electrons. The summed E-state index contributed by atoms with van der Waals surface area (Å²) in [4.78, 5) is 30.5. The second-order valence-corrected chi connectivity index (χ2v) is 6.22. The van der Waals surface area contributed by atoms with Crippen LogP contribution in [-0.4, -0.2) is 30.2 Å². The van der Waals surface area contributed by atoms with Crippen LogP contribution >= 0.6 is 22.6 Å². The Hall–Kier alpha value is -1.64. The highest BCUT2D eigenvalue weighted by molar-refractivity contribution is 14.1. The first kappa shape index (κ1) is 16.7. The van der Waals surface area contributed by atoms with Crippen molar-refractivity contribution in [3.05, 3.63) is 27.6 Å². The number of benzene rings is 1. The summed E-state index contributed by atoms with van der Waals surface area (Å²) in [5.74, 6) is -1.75. The van der Waals surface area contributed by atoms with Crippen molar-refractivity contribution in [2.45, 2.75) is 25.3 Å². The van der Waals surface area contributed by atoms with Gasteiger partial charge in [-0.05, 0) is 47.2 Å². The Morgan fingerprint density at radius 1 is 1.55 bits per heavy atom. The Bertz CT molecular complexity index is 646. The normalized spacial score (nSPS) is 22.7. The van der Waals surface area contributed by atoms with Gasteiger partial charge in [0.1, 0.15) is 18.0 Å². The highest BCUT2D eigenvalue weighted by Gasteiger charge is 2.27. The molecule has 0 spiro atoms. The zero-order valence-electron chi connectivity index (χ0n) is 11.7. The van der Waals surface area contributed by atoms with E-state index in [1.54, 1.807) is 12.1 Å². The summed E-state index contributed by atoms with van der Waals surface area (Å²) in [5, 5.41) is 0. The van der Waals surface area contributed by atoms with Crippen LogP contribution in [-0.2, 0) is 9.59 Å². The molecule has 0 saturated heterocycles. The molecule has 2 N–H and O–H groups in total. The van der Waals surface area contributed by atoms with Crippen LogP contribution in [0.3, 0.4) is 0 Å². The van der Waals surface area contributed by atoms with E-state index < -0.39 is 17.6 Å². The number of nitrogens with zero attached hydrogens (tertiary/aromatic N) is 2. The fraction of sp³-hybridized carbons (Fsp3) is 0.333. The lowest BCUT2D eigenvalue weighted by atomic mass is 9.92. The summed E-state index contributed by atoms with van der Waals surface area (Å²) in [6.07, 6.45) is 3.62. The first-order chi connectivity index (χ1) is 10.5. The van der Waals surface area contributed by atoms with Crippen molar-refractivity contribution in [1.29, 1.82) is 0 Å². The van der Waals surface area contributed by atoms with Gasteiger partial charge in [-0.25, -0.2) is 4.39 Å². The molecule has 1 heterocycles. The molecule has 0 fully saturated rings. The van der Waals surface area contributed by atoms with E-state index in [1.807, 2.05) is 22.6 Å². The average Bonchev–Trinajstić information content (AvgIpc) is 2.48. The van der Waals surface area contributed by atoms with Crippen LogP contribution in [0.1, 0.15) is 19.3 Å². The Balaban J connectivity index is 2.31. The van der Waals surface area contributed by atoms with E-state index in [0.29, 0.717) is 25.0 Å². The van der Waals surface area contributed by atoms with E-state index >= 15 is 0 Å². The van der Waals surface area contributed by atoms with Crippen molar-refractivity contribution in [1.82, 2.24) is 0 Å². The topological polar surface area (TPSA) is 84.9 Å². The van der Waals surface area contributed by atoms with E-state index in [0.717, 1.165) is 9.86 Å². The van der Waals surface area contributed by atoms with Crippen molar-refractivity contribution < 1.29 is 14.0 Å². The standard InChI is InChI=1S/C15H15FIN3O2/c16-12-6-9(17)3-4-13(12)20-14-7-10(2-1-5-21)19-8-11(14)15(18)22/h3-6,8,10-11H,1-2,7H2,(H2,18,22). The van der Waals surface area contributed by atoms with Gasteiger partial charge in [0.25, 0.3) is 0 Å². The quantitative estimate of drug-likeness (QED) is 0.592. The highest BCUT2D eigenvalue weighted by Crippen LogP contribution is 2.24. The Labute approximate surface area is 141 Å². The van der Waals surface area contributed by atoms with E-state index in [2.05, 4.69) is 9.98 Å². The lowest BCUT2D eigenvalue weighted by Crippen LogP contribution is -2.36. The maximum absolute atomic E-state index is 13.9. The van der Waals surface area contributed by atoms with Gasteiger partial charge in [0.05, 0.1) is 11.7 Å². The molecule has 1 aliphatic heterocycles. The molecular weight excluding hydrogens is 400 g/mol. The molecule has 2 unspecified atom stereocenters. The summed E-state index contributed by atoms with van der Waals surface area (Å²) < 4.78 is 14.7. The van der Waals surface area contributed by atoms with Crippen molar-refractivity contribution >= 4 is 52.4 Å². The van der Waals surface area contributed by atoms with Crippen LogP contribution in [0.15, 0.2) is 28.2 Å². The third-order valence-corrected chi connectivity index (χ3v) is 4.02. The SMILES string of the molecule is NC(=O)C1C=NC(CCC=O)CC1=Nc1ccc(I)cc1F. The van der Waals surface area contributed by atoms with Gasteiger partial charge >= 0.3 is 0 Å². The van der Waals surface area contributed by atoms with Gasteiger partial charge < -0.3 is 10.5 Å². The van der Waals surface area contributed by atoms with Crippen molar-refractivity contribution in [3.8, 4) is 0 Å². The van der Waals surface area contributed by atoms with E-state index in [-0.39, 0.29) is 11.7 Å². The van der Waals surface area contributed by atoms with Crippen molar-refractivity contribution in [2.75, 3.05) is 0 Å². The number of carbonyl (C=O) groups is 2. The number of halogens is 2. The fourth-order valence-electron chi connectivity index (χ4n) is 2.23. The minimum absolute atomic E-state index is 0.133. The second-order valence-electron chi connectivity index (χ2n) is 4.98. The maximum atomic E-state index is 13.9. The molecular formula is C15H15FIN3O2. The van der Waals surface area contributed by atoms with Crippen LogP contribution < -0.4 is 5.73 Å². The third-order valence-electron chi connectivity index (χ3n) is 3.35. The van der Waals surface area contributed by atoms with Gasteiger partial charge in [0.2, 0.25) is 5.91 Å². The summed E-state index contributed by atoms with van der Waals surface area (Å²) in [6, 6.07) is 4.55. The van der Waals surface area contributed by atoms with Crippen LogP contribution in [0, 0.1) is 15.3 Å². The van der Waals surface area contributed by atoms with Crippen LogP contribution in [0.5, 0.6) is 0 Å². The summed E-state index contributed by atoms with van der Waals surface area (Å²) in [5.41, 5.74) is 6.01. The Kier molecular flexibility index (Phi) is 5.76. The third kappa shape index (κ3) is 4.19. The van der Waals surface area contributed by atoms with Gasteiger partial charge in [-0.1, -0.05) is 0 Å². The molecule has 5 nitrogen and oxygen atoms in total. The Morgan fingerprint density at radius 2 is 2.32 bits per heavy atom. The molecule has 1 aromatic carbocycles. The van der Waals surface area contributed by atoms with Gasteiger partial charge in [-0.15, -0.1) is 0 Å². The van der Waals surface area contributed by atoms with E-state index in [4.69, 9.17) is 5.73 Å². The lowest BCUT2D eigenvalue weighted by molar-refractivity contribution is -0.118. The second kappa shape index (κ2) is 7.57. The van der Waals surface area contributed by atoms with Gasteiger partial charge in [0.15, 0.2) is 0 Å². The monoisotopic (exact) mass is 415 g/mol. The van der Waals surface area contributed by atoms with Crippen molar-refractivity contribution in [3.63, 3.8) is 0 Å². The predicted octanol–water partition coefficient (Wildman–Crippen LogP) is 2.43. The van der Waals surface area contributed by atoms with E-state index in [9.17, 15) is 14.0 Å². The maximum Gasteiger partial charge on any atom is 0.231 e. The van der Waals surface area contributed by atoms with E-state index in [1.165, 1.54) is 12.3 Å². The number of rotatable bonds is 5. The van der Waals surface area contributed by atoms with Crippen molar-refractivity contribution in [2.24, 2.45) is 21.6 Å². The summed E-state index contributed by atoms with van der Waals surface area (Å²) >= 11 is 2.01. The molecule has 22 heavy (non-hydrogen) atoms. The first-order valence-corrected chi connectivity index (χ1v) is 7.88. The first-order valence-electron chi connectivity index (χ1n) is 6.80.